The number of nitrogens with zero attached hydrogens (tertiary/aromatic N) is 1. The molecule has 0 aliphatic carbocycles. The van der Waals surface area contributed by atoms with E-state index in [0.29, 0.717) is 22.3 Å². The van der Waals surface area contributed by atoms with Crippen LogP contribution in [0.3, 0.4) is 0 Å². The Morgan fingerprint density at radius 3 is 2.30 bits per heavy atom. The van der Waals surface area contributed by atoms with E-state index in [9.17, 15) is 21.6 Å². The molecule has 0 spiro atoms. The lowest BCUT2D eigenvalue weighted by Gasteiger charge is -2.13. The Labute approximate surface area is 131 Å². The van der Waals surface area contributed by atoms with Crippen molar-refractivity contribution in [3.8, 4) is 11.1 Å². The van der Waals surface area contributed by atoms with Crippen LogP contribution in [0.25, 0.3) is 11.1 Å². The van der Waals surface area contributed by atoms with E-state index in [1.807, 2.05) is 0 Å². The topological polar surface area (TPSA) is 46.5 Å². The largest absolute Gasteiger partial charge is 0.416 e. The van der Waals surface area contributed by atoms with Crippen molar-refractivity contribution in [2.24, 2.45) is 4.99 Å². The van der Waals surface area contributed by atoms with Gasteiger partial charge in [0, 0.05) is 18.0 Å². The van der Waals surface area contributed by atoms with Gasteiger partial charge in [-0.15, -0.1) is 0 Å². The third-order valence-electron chi connectivity index (χ3n) is 3.67. The Morgan fingerprint density at radius 2 is 1.74 bits per heavy atom. The number of fused-ring (bicyclic) bond motifs is 1. The summed E-state index contributed by atoms with van der Waals surface area (Å²) in [7, 11) is -3.35. The summed E-state index contributed by atoms with van der Waals surface area (Å²) in [5, 5.41) is 0. The molecular formula is C16H12F3NO2S. The maximum absolute atomic E-state index is 13.1. The van der Waals surface area contributed by atoms with Gasteiger partial charge in [-0.3, -0.25) is 4.99 Å². The fourth-order valence-electron chi connectivity index (χ4n) is 2.52. The second-order valence-electron chi connectivity index (χ2n) is 5.36. The summed E-state index contributed by atoms with van der Waals surface area (Å²) in [6.07, 6.45) is -1.81. The number of benzene rings is 2. The Hall–Kier alpha value is -2.15. The molecule has 0 aromatic heterocycles. The highest BCUT2D eigenvalue weighted by Gasteiger charge is 2.32. The first-order chi connectivity index (χ1) is 10.7. The minimum atomic E-state index is -4.45. The molecule has 1 aliphatic rings. The number of hydrogen-bond acceptors (Lipinski definition) is 3. The highest BCUT2D eigenvalue weighted by Crippen LogP contribution is 2.37. The molecule has 3 rings (SSSR count). The first-order valence-corrected chi connectivity index (χ1v) is 8.60. The molecule has 0 amide bonds. The van der Waals surface area contributed by atoms with Crippen LogP contribution in [-0.4, -0.2) is 20.9 Å². The molecule has 3 nitrogen and oxygen atoms in total. The molecule has 0 bridgehead atoms. The number of sulfone groups is 1. The molecular weight excluding hydrogens is 327 g/mol. The van der Waals surface area contributed by atoms with E-state index in [-0.39, 0.29) is 11.4 Å². The molecule has 7 heteroatoms. The summed E-state index contributed by atoms with van der Waals surface area (Å²) in [5.74, 6) is 0. The van der Waals surface area contributed by atoms with Gasteiger partial charge < -0.3 is 0 Å². The molecule has 2 aromatic carbocycles. The fourth-order valence-corrected chi connectivity index (χ4v) is 3.15. The van der Waals surface area contributed by atoms with Crippen LogP contribution in [0.2, 0.25) is 0 Å². The van der Waals surface area contributed by atoms with Gasteiger partial charge in [0.25, 0.3) is 0 Å². The summed E-state index contributed by atoms with van der Waals surface area (Å²) in [4.78, 5) is 4.15. The van der Waals surface area contributed by atoms with Crippen molar-refractivity contribution in [3.63, 3.8) is 0 Å². The third-order valence-corrected chi connectivity index (χ3v) is 4.80. The lowest BCUT2D eigenvalue weighted by Crippen LogP contribution is -2.07. The monoisotopic (exact) mass is 339 g/mol. The van der Waals surface area contributed by atoms with E-state index in [4.69, 9.17) is 0 Å². The smallest absolute Gasteiger partial charge is 0.288 e. The van der Waals surface area contributed by atoms with E-state index < -0.39 is 21.6 Å². The van der Waals surface area contributed by atoms with Gasteiger partial charge >= 0.3 is 6.18 Å². The summed E-state index contributed by atoms with van der Waals surface area (Å²) >= 11 is 0. The molecule has 23 heavy (non-hydrogen) atoms. The fraction of sp³-hybridized carbons (Fsp3) is 0.188. The highest BCUT2D eigenvalue weighted by molar-refractivity contribution is 7.90. The maximum atomic E-state index is 13.1. The third kappa shape index (κ3) is 3.01. The maximum Gasteiger partial charge on any atom is 0.416 e. The Bertz CT molecular complexity index is 898. The summed E-state index contributed by atoms with van der Waals surface area (Å²) < 4.78 is 62.1. The number of rotatable bonds is 2. The quantitative estimate of drug-likeness (QED) is 0.837. The van der Waals surface area contributed by atoms with Gasteiger partial charge in [0.1, 0.15) is 0 Å². The average molecular weight is 339 g/mol. The average Bonchev–Trinajstić information content (AvgIpc) is 2.93. The Kier molecular flexibility index (Phi) is 3.55. The zero-order valence-corrected chi connectivity index (χ0v) is 12.9. The van der Waals surface area contributed by atoms with Crippen LogP contribution in [0.15, 0.2) is 46.3 Å². The van der Waals surface area contributed by atoms with Gasteiger partial charge in [0.15, 0.2) is 9.84 Å². The molecule has 0 saturated heterocycles. The molecule has 1 aliphatic heterocycles. The lowest BCUT2D eigenvalue weighted by atomic mass is 9.94. The van der Waals surface area contributed by atoms with Crippen LogP contribution in [0.5, 0.6) is 0 Å². The molecule has 0 radical (unpaired) electrons. The Balaban J connectivity index is 2.16. The van der Waals surface area contributed by atoms with Crippen molar-refractivity contribution < 1.29 is 21.6 Å². The van der Waals surface area contributed by atoms with Gasteiger partial charge in [-0.25, -0.2) is 8.42 Å². The Morgan fingerprint density at radius 1 is 1.09 bits per heavy atom. The van der Waals surface area contributed by atoms with Crippen molar-refractivity contribution in [3.05, 3.63) is 53.1 Å². The zero-order chi connectivity index (χ0) is 16.8. The van der Waals surface area contributed by atoms with Crippen LogP contribution in [-0.2, 0) is 22.6 Å². The van der Waals surface area contributed by atoms with Crippen molar-refractivity contribution in [2.75, 3.05) is 6.26 Å². The second-order valence-corrected chi connectivity index (χ2v) is 7.38. The van der Waals surface area contributed by atoms with Gasteiger partial charge in [-0.1, -0.05) is 12.1 Å². The zero-order valence-electron chi connectivity index (χ0n) is 12.1. The molecule has 2 aromatic rings. The van der Waals surface area contributed by atoms with Gasteiger partial charge in [-0.2, -0.15) is 13.2 Å². The number of aliphatic imine (C=N–C) groups is 1. The lowest BCUT2D eigenvalue weighted by molar-refractivity contribution is -0.137. The second kappa shape index (κ2) is 5.19. The predicted molar refractivity (Wildman–Crippen MR) is 81.3 cm³/mol. The molecule has 0 saturated carbocycles. The first-order valence-electron chi connectivity index (χ1n) is 6.71. The van der Waals surface area contributed by atoms with Crippen LogP contribution in [0.4, 0.5) is 13.2 Å². The molecule has 0 unspecified atom stereocenters. The van der Waals surface area contributed by atoms with Crippen LogP contribution >= 0.6 is 0 Å². The standard InChI is InChI=1S/C16H12F3NO2S/c1-23(21,22)13-4-2-10(3-5-13)14-7-12(16(17,18)19)6-11-8-20-9-15(11)14/h2-7,9H,8H2,1H3. The van der Waals surface area contributed by atoms with Crippen LogP contribution in [0, 0.1) is 0 Å². The minimum absolute atomic E-state index is 0.124. The van der Waals surface area contributed by atoms with Crippen LogP contribution < -0.4 is 0 Å². The highest BCUT2D eigenvalue weighted by atomic mass is 32.2. The van der Waals surface area contributed by atoms with Gasteiger partial charge in [-0.05, 0) is 41.0 Å². The first kappa shape index (κ1) is 15.7. The molecule has 0 atom stereocenters. The van der Waals surface area contributed by atoms with E-state index in [2.05, 4.69) is 4.99 Å². The molecule has 0 fully saturated rings. The van der Waals surface area contributed by atoms with E-state index >= 15 is 0 Å². The normalized spacial score (nSPS) is 14.1. The van der Waals surface area contributed by atoms with Crippen molar-refractivity contribution in [1.82, 2.24) is 0 Å². The summed E-state index contributed by atoms with van der Waals surface area (Å²) in [6.45, 7) is 0.216. The van der Waals surface area contributed by atoms with Crippen LogP contribution in [0.1, 0.15) is 16.7 Å². The van der Waals surface area contributed by atoms with E-state index in [1.165, 1.54) is 24.3 Å². The minimum Gasteiger partial charge on any atom is -0.288 e. The predicted octanol–water partition coefficient (Wildman–Crippen LogP) is 3.71. The van der Waals surface area contributed by atoms with Crippen molar-refractivity contribution in [2.45, 2.75) is 17.6 Å². The SMILES string of the molecule is CS(=O)(=O)c1ccc(-c2cc(C(F)(F)F)cc3c2C=NC3)cc1. The van der Waals surface area contributed by atoms with E-state index in [0.717, 1.165) is 18.4 Å². The van der Waals surface area contributed by atoms with Gasteiger partial charge in [0.05, 0.1) is 17.0 Å². The van der Waals surface area contributed by atoms with E-state index in [1.54, 1.807) is 6.21 Å². The number of hydrogen-bond donors (Lipinski definition) is 0. The number of halogens is 3. The van der Waals surface area contributed by atoms with Gasteiger partial charge in [0.2, 0.25) is 0 Å². The molecule has 0 N–H and O–H groups in total. The van der Waals surface area contributed by atoms with Crippen molar-refractivity contribution in [1.29, 1.82) is 0 Å². The summed E-state index contributed by atoms with van der Waals surface area (Å²) in [5.41, 5.74) is 1.35. The van der Waals surface area contributed by atoms with Crippen molar-refractivity contribution >= 4 is 16.1 Å². The number of alkyl halides is 3. The summed E-state index contributed by atoms with van der Waals surface area (Å²) in [6, 6.07) is 7.99. The molecule has 1 heterocycles. The molecule has 120 valence electrons.